The second kappa shape index (κ2) is 5.23. The van der Waals surface area contributed by atoms with Crippen LogP contribution in [0.4, 0.5) is 11.4 Å². The number of nitrogens with two attached hydrogens (primary N) is 1. The van der Waals surface area contributed by atoms with Crippen LogP contribution in [-0.2, 0) is 0 Å². The summed E-state index contributed by atoms with van der Waals surface area (Å²) in [6.45, 7) is 1.90. The molecule has 0 aliphatic carbocycles. The molecule has 2 aromatic rings. The number of benzene rings is 2. The summed E-state index contributed by atoms with van der Waals surface area (Å²) in [5, 5.41) is 2.81. The number of carbonyl (C=O) groups is 1. The van der Waals surface area contributed by atoms with E-state index in [1.807, 2.05) is 31.2 Å². The van der Waals surface area contributed by atoms with Crippen LogP contribution in [0.25, 0.3) is 0 Å². The molecule has 0 fully saturated rings. The summed E-state index contributed by atoms with van der Waals surface area (Å²) >= 11 is 3.41. The van der Waals surface area contributed by atoms with Crippen molar-refractivity contribution in [3.63, 3.8) is 0 Å². The largest absolute Gasteiger partial charge is 0.397 e. The second-order valence-electron chi connectivity index (χ2n) is 3.95. The third-order valence-corrected chi connectivity index (χ3v) is 3.58. The van der Waals surface area contributed by atoms with Crippen molar-refractivity contribution in [2.24, 2.45) is 0 Å². The van der Waals surface area contributed by atoms with E-state index >= 15 is 0 Å². The Hall–Kier alpha value is -1.81. The molecule has 0 aliphatic heterocycles. The quantitative estimate of drug-likeness (QED) is 0.833. The highest BCUT2D eigenvalue weighted by Crippen LogP contribution is 2.22. The Balaban J connectivity index is 2.28. The normalized spacial score (nSPS) is 10.1. The monoisotopic (exact) mass is 304 g/mol. The molecule has 3 N–H and O–H groups in total. The molecule has 2 rings (SSSR count). The third-order valence-electron chi connectivity index (χ3n) is 2.72. The molecule has 0 heterocycles. The van der Waals surface area contributed by atoms with Crippen LogP contribution in [0.15, 0.2) is 46.9 Å². The van der Waals surface area contributed by atoms with Gasteiger partial charge in [-0.3, -0.25) is 4.79 Å². The lowest BCUT2D eigenvalue weighted by atomic mass is 10.1. The number of hydrogen-bond donors (Lipinski definition) is 2. The smallest absolute Gasteiger partial charge is 0.256 e. The summed E-state index contributed by atoms with van der Waals surface area (Å²) in [6.07, 6.45) is 0. The fourth-order valence-corrected chi connectivity index (χ4v) is 2.02. The Kier molecular flexibility index (Phi) is 3.67. The van der Waals surface area contributed by atoms with Gasteiger partial charge in [-0.2, -0.15) is 0 Å². The van der Waals surface area contributed by atoms with Gasteiger partial charge in [-0.25, -0.2) is 0 Å². The highest BCUT2D eigenvalue weighted by Gasteiger charge is 2.11. The third kappa shape index (κ3) is 2.54. The van der Waals surface area contributed by atoms with Gasteiger partial charge in [0.15, 0.2) is 0 Å². The summed E-state index contributed by atoms with van der Waals surface area (Å²) in [5.74, 6) is -0.160. The number of hydrogen-bond acceptors (Lipinski definition) is 2. The van der Waals surface area contributed by atoms with E-state index in [0.717, 1.165) is 10.0 Å². The van der Waals surface area contributed by atoms with Crippen LogP contribution >= 0.6 is 15.9 Å². The van der Waals surface area contributed by atoms with Crippen LogP contribution in [0.1, 0.15) is 15.9 Å². The Bertz CT molecular complexity index is 596. The van der Waals surface area contributed by atoms with Gasteiger partial charge in [-0.05, 0) is 36.8 Å². The zero-order valence-electron chi connectivity index (χ0n) is 9.91. The van der Waals surface area contributed by atoms with Gasteiger partial charge < -0.3 is 11.1 Å². The van der Waals surface area contributed by atoms with Crippen LogP contribution in [0.5, 0.6) is 0 Å². The Morgan fingerprint density at radius 1 is 1.17 bits per heavy atom. The summed E-state index contributed by atoms with van der Waals surface area (Å²) < 4.78 is 0.913. The standard InChI is InChI=1S/C14H13BrN2O/c1-9-10(5-4-6-11(9)15)14(18)17-13-8-3-2-7-12(13)16/h2-8H,16H2,1H3,(H,17,18). The maximum atomic E-state index is 12.2. The zero-order chi connectivity index (χ0) is 13.1. The van der Waals surface area contributed by atoms with Crippen molar-refractivity contribution in [1.82, 2.24) is 0 Å². The van der Waals surface area contributed by atoms with Crippen molar-refractivity contribution in [3.05, 3.63) is 58.1 Å². The summed E-state index contributed by atoms with van der Waals surface area (Å²) in [4.78, 5) is 12.2. The molecule has 0 radical (unpaired) electrons. The Labute approximate surface area is 114 Å². The number of para-hydroxylation sites is 2. The fraction of sp³-hybridized carbons (Fsp3) is 0.0714. The number of rotatable bonds is 2. The van der Waals surface area contributed by atoms with Gasteiger partial charge in [0.05, 0.1) is 11.4 Å². The molecule has 0 saturated carbocycles. The lowest BCUT2D eigenvalue weighted by molar-refractivity contribution is 0.102. The maximum absolute atomic E-state index is 12.2. The molecular formula is C14H13BrN2O. The fourth-order valence-electron chi connectivity index (χ4n) is 1.65. The second-order valence-corrected chi connectivity index (χ2v) is 4.81. The molecule has 0 saturated heterocycles. The SMILES string of the molecule is Cc1c(Br)cccc1C(=O)Nc1ccccc1N. The van der Waals surface area contributed by atoms with Crippen LogP contribution in [0.2, 0.25) is 0 Å². The van der Waals surface area contributed by atoms with Crippen LogP contribution in [0, 0.1) is 6.92 Å². The predicted molar refractivity (Wildman–Crippen MR) is 77.7 cm³/mol. The molecule has 0 atom stereocenters. The summed E-state index contributed by atoms with van der Waals surface area (Å²) in [5.41, 5.74) is 8.51. The number of amides is 1. The number of anilines is 2. The van der Waals surface area contributed by atoms with Gasteiger partial charge in [-0.15, -0.1) is 0 Å². The van der Waals surface area contributed by atoms with Crippen molar-refractivity contribution in [2.75, 3.05) is 11.1 Å². The van der Waals surface area contributed by atoms with E-state index in [0.29, 0.717) is 16.9 Å². The topological polar surface area (TPSA) is 55.1 Å². The van der Waals surface area contributed by atoms with Gasteiger partial charge in [-0.1, -0.05) is 34.1 Å². The van der Waals surface area contributed by atoms with Crippen LogP contribution in [0.3, 0.4) is 0 Å². The molecule has 0 spiro atoms. The molecule has 0 bridgehead atoms. The van der Waals surface area contributed by atoms with Crippen molar-refractivity contribution in [3.8, 4) is 0 Å². The van der Waals surface area contributed by atoms with Crippen LogP contribution < -0.4 is 11.1 Å². The Morgan fingerprint density at radius 2 is 1.89 bits per heavy atom. The highest BCUT2D eigenvalue weighted by molar-refractivity contribution is 9.10. The molecule has 3 nitrogen and oxygen atoms in total. The first-order chi connectivity index (χ1) is 8.59. The van der Waals surface area contributed by atoms with Crippen molar-refractivity contribution in [1.29, 1.82) is 0 Å². The zero-order valence-corrected chi connectivity index (χ0v) is 11.5. The molecule has 0 aromatic heterocycles. The number of nitrogen functional groups attached to an aromatic ring is 1. The molecule has 0 aliphatic rings. The molecule has 92 valence electrons. The summed E-state index contributed by atoms with van der Waals surface area (Å²) in [6, 6.07) is 12.7. The minimum Gasteiger partial charge on any atom is -0.397 e. The molecule has 1 amide bonds. The molecule has 18 heavy (non-hydrogen) atoms. The van der Waals surface area contributed by atoms with Crippen molar-refractivity contribution < 1.29 is 4.79 Å². The van der Waals surface area contributed by atoms with Crippen molar-refractivity contribution >= 4 is 33.2 Å². The first-order valence-electron chi connectivity index (χ1n) is 5.50. The molecule has 4 heteroatoms. The molecule has 0 unspecified atom stereocenters. The Morgan fingerprint density at radius 3 is 2.61 bits per heavy atom. The highest BCUT2D eigenvalue weighted by atomic mass is 79.9. The first kappa shape index (κ1) is 12.6. The van der Waals surface area contributed by atoms with Gasteiger partial charge in [0.2, 0.25) is 0 Å². The van der Waals surface area contributed by atoms with Gasteiger partial charge >= 0.3 is 0 Å². The van der Waals surface area contributed by atoms with Gasteiger partial charge in [0.25, 0.3) is 5.91 Å². The number of nitrogens with one attached hydrogen (secondary N) is 1. The van der Waals surface area contributed by atoms with E-state index in [-0.39, 0.29) is 5.91 Å². The number of carbonyl (C=O) groups excluding carboxylic acids is 1. The minimum absolute atomic E-state index is 0.160. The van der Waals surface area contributed by atoms with Crippen LogP contribution in [-0.4, -0.2) is 5.91 Å². The predicted octanol–water partition coefficient (Wildman–Crippen LogP) is 3.59. The summed E-state index contributed by atoms with van der Waals surface area (Å²) in [7, 11) is 0. The molecule has 2 aromatic carbocycles. The van der Waals surface area contributed by atoms with Gasteiger partial charge in [0, 0.05) is 10.0 Å². The molecular weight excluding hydrogens is 292 g/mol. The minimum atomic E-state index is -0.160. The van der Waals surface area contributed by atoms with E-state index in [1.54, 1.807) is 18.2 Å². The average molecular weight is 305 g/mol. The van der Waals surface area contributed by atoms with E-state index in [1.165, 1.54) is 0 Å². The van der Waals surface area contributed by atoms with Gasteiger partial charge in [0.1, 0.15) is 0 Å². The lowest BCUT2D eigenvalue weighted by Gasteiger charge is -2.10. The maximum Gasteiger partial charge on any atom is 0.256 e. The van der Waals surface area contributed by atoms with E-state index in [2.05, 4.69) is 21.2 Å². The number of halogens is 1. The van der Waals surface area contributed by atoms with Crippen molar-refractivity contribution in [2.45, 2.75) is 6.92 Å². The van der Waals surface area contributed by atoms with E-state index < -0.39 is 0 Å². The average Bonchev–Trinajstić information content (AvgIpc) is 2.35. The lowest BCUT2D eigenvalue weighted by Crippen LogP contribution is -2.14. The van der Waals surface area contributed by atoms with E-state index in [4.69, 9.17) is 5.73 Å². The first-order valence-corrected chi connectivity index (χ1v) is 6.30. The van der Waals surface area contributed by atoms with E-state index in [9.17, 15) is 4.79 Å².